The molecule has 0 aliphatic rings. The summed E-state index contributed by atoms with van der Waals surface area (Å²) >= 11 is 0. The number of halogens is 1. The molecule has 0 spiro atoms. The van der Waals surface area contributed by atoms with Gasteiger partial charge in [-0.2, -0.15) is 0 Å². The second-order valence-electron chi connectivity index (χ2n) is 1.14. The van der Waals surface area contributed by atoms with Crippen molar-refractivity contribution in [3.05, 3.63) is 0 Å². The predicted molar refractivity (Wildman–Crippen MR) is 38.0 cm³/mol. The standard InChI is InChI=1S/C4H8O2.HI/c1-2-3-4(5)6;/h2-3H2,1H3,(H,5,6);1H. The highest BCUT2D eigenvalue weighted by atomic mass is 127. The topological polar surface area (TPSA) is 37.3 Å². The average molecular weight is 216 g/mol. The summed E-state index contributed by atoms with van der Waals surface area (Å²) in [5, 5.41) is 7.91. The van der Waals surface area contributed by atoms with Crippen LogP contribution in [0, 0.1) is 0 Å². The average Bonchev–Trinajstić information content (AvgIpc) is 1.35. The van der Waals surface area contributed by atoms with Crippen molar-refractivity contribution in [2.75, 3.05) is 0 Å². The number of rotatable bonds is 2. The fourth-order valence-electron chi connectivity index (χ4n) is 0.214. The summed E-state index contributed by atoms with van der Waals surface area (Å²) in [7, 11) is 0. The van der Waals surface area contributed by atoms with E-state index < -0.39 is 5.97 Å². The van der Waals surface area contributed by atoms with Crippen LogP contribution in [-0.4, -0.2) is 11.1 Å². The Hall–Kier alpha value is 0.200. The van der Waals surface area contributed by atoms with E-state index >= 15 is 0 Å². The van der Waals surface area contributed by atoms with E-state index in [4.69, 9.17) is 5.11 Å². The van der Waals surface area contributed by atoms with Gasteiger partial charge in [0, 0.05) is 6.42 Å². The highest BCUT2D eigenvalue weighted by Crippen LogP contribution is 1.82. The highest BCUT2D eigenvalue weighted by molar-refractivity contribution is 14.0. The summed E-state index contributed by atoms with van der Waals surface area (Å²) in [5.74, 6) is -0.711. The third kappa shape index (κ3) is 10.7. The van der Waals surface area contributed by atoms with Crippen molar-refractivity contribution in [2.45, 2.75) is 19.8 Å². The van der Waals surface area contributed by atoms with Crippen molar-refractivity contribution >= 4 is 29.9 Å². The zero-order chi connectivity index (χ0) is 4.99. The van der Waals surface area contributed by atoms with Gasteiger partial charge in [-0.3, -0.25) is 4.79 Å². The van der Waals surface area contributed by atoms with Gasteiger partial charge in [0.05, 0.1) is 0 Å². The van der Waals surface area contributed by atoms with E-state index in [-0.39, 0.29) is 24.0 Å². The van der Waals surface area contributed by atoms with E-state index in [2.05, 4.69) is 0 Å². The first-order valence-electron chi connectivity index (χ1n) is 1.99. The number of hydrogen-bond donors (Lipinski definition) is 1. The maximum atomic E-state index is 9.60. The molecule has 0 heterocycles. The van der Waals surface area contributed by atoms with Gasteiger partial charge in [-0.05, 0) is 6.42 Å². The minimum Gasteiger partial charge on any atom is -0.481 e. The molecule has 1 N–H and O–H groups in total. The van der Waals surface area contributed by atoms with Crippen LogP contribution in [0.15, 0.2) is 0 Å². The molecule has 0 aromatic heterocycles. The summed E-state index contributed by atoms with van der Waals surface area (Å²) in [6, 6.07) is 0. The molecule has 0 atom stereocenters. The van der Waals surface area contributed by atoms with Crippen molar-refractivity contribution in [3.8, 4) is 0 Å². The molecule has 0 radical (unpaired) electrons. The third-order valence-electron chi connectivity index (χ3n) is 0.464. The molecule has 0 aromatic carbocycles. The predicted octanol–water partition coefficient (Wildman–Crippen LogP) is 1.49. The van der Waals surface area contributed by atoms with Gasteiger partial charge in [-0.1, -0.05) is 6.92 Å². The number of carboxylic acids is 1. The fraction of sp³-hybridized carbons (Fsp3) is 0.750. The summed E-state index contributed by atoms with van der Waals surface area (Å²) in [6.45, 7) is 1.84. The lowest BCUT2D eigenvalue weighted by atomic mass is 10.4. The molecular formula is C4H9IO2. The van der Waals surface area contributed by atoms with Gasteiger partial charge in [-0.25, -0.2) is 0 Å². The summed E-state index contributed by atoms with van der Waals surface area (Å²) in [5.41, 5.74) is 0. The zero-order valence-electron chi connectivity index (χ0n) is 4.18. The van der Waals surface area contributed by atoms with Gasteiger partial charge in [0.1, 0.15) is 0 Å². The number of carboxylic acid groups (broad SMARTS) is 1. The van der Waals surface area contributed by atoms with Gasteiger partial charge >= 0.3 is 5.97 Å². The van der Waals surface area contributed by atoms with Crippen LogP contribution in [0.5, 0.6) is 0 Å². The molecule has 0 bridgehead atoms. The number of carbonyl (C=O) groups is 1. The Morgan fingerprint density at radius 2 is 2.14 bits per heavy atom. The van der Waals surface area contributed by atoms with Gasteiger partial charge in [0.15, 0.2) is 0 Å². The van der Waals surface area contributed by atoms with Crippen molar-refractivity contribution in [3.63, 3.8) is 0 Å². The van der Waals surface area contributed by atoms with Gasteiger partial charge < -0.3 is 5.11 Å². The van der Waals surface area contributed by atoms with Gasteiger partial charge in [0.2, 0.25) is 0 Å². The SMILES string of the molecule is CCCC(=O)O.I. The van der Waals surface area contributed by atoms with Crippen LogP contribution in [0.4, 0.5) is 0 Å². The Labute approximate surface area is 59.9 Å². The molecule has 0 saturated heterocycles. The van der Waals surface area contributed by atoms with Gasteiger partial charge in [-0.15, -0.1) is 24.0 Å². The Morgan fingerprint density at radius 1 is 1.71 bits per heavy atom. The maximum absolute atomic E-state index is 9.60. The Bertz CT molecular complexity index is 53.7. The minimum atomic E-state index is -0.711. The first-order chi connectivity index (χ1) is 2.77. The summed E-state index contributed by atoms with van der Waals surface area (Å²) in [4.78, 5) is 9.60. The van der Waals surface area contributed by atoms with Crippen LogP contribution in [0.1, 0.15) is 19.8 Å². The monoisotopic (exact) mass is 216 g/mol. The molecule has 0 rings (SSSR count). The summed E-state index contributed by atoms with van der Waals surface area (Å²) in [6.07, 6.45) is 1.02. The first kappa shape index (κ1) is 10.2. The molecule has 2 nitrogen and oxygen atoms in total. The highest BCUT2D eigenvalue weighted by Gasteiger charge is 1.87. The Balaban J connectivity index is 0. The van der Waals surface area contributed by atoms with E-state index in [1.807, 2.05) is 6.92 Å². The molecule has 0 amide bonds. The van der Waals surface area contributed by atoms with E-state index in [1.165, 1.54) is 0 Å². The Kier molecular flexibility index (Phi) is 9.07. The second-order valence-corrected chi connectivity index (χ2v) is 1.14. The van der Waals surface area contributed by atoms with Crippen LogP contribution in [0.25, 0.3) is 0 Å². The van der Waals surface area contributed by atoms with Crippen molar-refractivity contribution in [1.82, 2.24) is 0 Å². The smallest absolute Gasteiger partial charge is 0.303 e. The number of hydrogen-bond acceptors (Lipinski definition) is 1. The Morgan fingerprint density at radius 3 is 2.14 bits per heavy atom. The third-order valence-corrected chi connectivity index (χ3v) is 0.464. The normalized spacial score (nSPS) is 7.00. The van der Waals surface area contributed by atoms with E-state index in [9.17, 15) is 4.79 Å². The molecule has 7 heavy (non-hydrogen) atoms. The lowest BCUT2D eigenvalue weighted by molar-refractivity contribution is -0.137. The number of aliphatic carboxylic acids is 1. The van der Waals surface area contributed by atoms with E-state index in [0.717, 1.165) is 6.42 Å². The molecule has 0 fully saturated rings. The molecule has 0 saturated carbocycles. The van der Waals surface area contributed by atoms with Crippen LogP contribution in [-0.2, 0) is 4.79 Å². The van der Waals surface area contributed by atoms with E-state index in [0.29, 0.717) is 6.42 Å². The molecule has 0 aliphatic heterocycles. The molecule has 0 unspecified atom stereocenters. The zero-order valence-corrected chi connectivity index (χ0v) is 6.51. The van der Waals surface area contributed by atoms with Crippen LogP contribution >= 0.6 is 24.0 Å². The van der Waals surface area contributed by atoms with Crippen molar-refractivity contribution in [2.24, 2.45) is 0 Å². The van der Waals surface area contributed by atoms with Crippen LogP contribution < -0.4 is 0 Å². The van der Waals surface area contributed by atoms with Crippen LogP contribution in [0.2, 0.25) is 0 Å². The quantitative estimate of drug-likeness (QED) is 0.710. The van der Waals surface area contributed by atoms with Gasteiger partial charge in [0.25, 0.3) is 0 Å². The molecule has 0 aliphatic carbocycles. The van der Waals surface area contributed by atoms with Crippen molar-refractivity contribution in [1.29, 1.82) is 0 Å². The molecule has 0 aromatic rings. The molecule has 44 valence electrons. The fourth-order valence-corrected chi connectivity index (χ4v) is 0.214. The first-order valence-corrected chi connectivity index (χ1v) is 1.99. The molecule has 3 heteroatoms. The second kappa shape index (κ2) is 6.20. The molecular weight excluding hydrogens is 207 g/mol. The lowest BCUT2D eigenvalue weighted by Crippen LogP contribution is -1.90. The lowest BCUT2D eigenvalue weighted by Gasteiger charge is -1.79. The van der Waals surface area contributed by atoms with Crippen molar-refractivity contribution < 1.29 is 9.90 Å². The summed E-state index contributed by atoms with van der Waals surface area (Å²) < 4.78 is 0. The maximum Gasteiger partial charge on any atom is 0.303 e. The van der Waals surface area contributed by atoms with Crippen LogP contribution in [0.3, 0.4) is 0 Å². The largest absolute Gasteiger partial charge is 0.481 e. The minimum absolute atomic E-state index is 0. The van der Waals surface area contributed by atoms with E-state index in [1.54, 1.807) is 0 Å².